The minimum Gasteiger partial charge on any atom is -0.343 e. The highest BCUT2D eigenvalue weighted by Gasteiger charge is 2.44. The predicted octanol–water partition coefficient (Wildman–Crippen LogP) is 2.71. The molecular weight excluding hydrogens is 216 g/mol. The number of ether oxygens (including phenoxy) is 2. The Bertz CT molecular complexity index is 386. The van der Waals surface area contributed by atoms with E-state index in [1.807, 2.05) is 51.1 Å². The maximum atomic E-state index is 10.9. The van der Waals surface area contributed by atoms with Crippen LogP contribution in [-0.4, -0.2) is 18.2 Å². The van der Waals surface area contributed by atoms with Gasteiger partial charge in [-0.1, -0.05) is 37.3 Å². The van der Waals surface area contributed by atoms with E-state index in [1.54, 1.807) is 0 Å². The van der Waals surface area contributed by atoms with Crippen molar-refractivity contribution in [3.05, 3.63) is 35.9 Å². The van der Waals surface area contributed by atoms with E-state index < -0.39 is 5.79 Å². The quantitative estimate of drug-likeness (QED) is 0.754. The van der Waals surface area contributed by atoms with Gasteiger partial charge in [0, 0.05) is 5.92 Å². The molecule has 0 unspecified atom stereocenters. The SMILES string of the molecule is C[C@@H](C=O)[C@H]1OC(C)(C)O[C@H]1c1ccccc1. The van der Waals surface area contributed by atoms with Crippen LogP contribution in [0.1, 0.15) is 32.4 Å². The summed E-state index contributed by atoms with van der Waals surface area (Å²) >= 11 is 0. The van der Waals surface area contributed by atoms with Gasteiger partial charge < -0.3 is 14.3 Å². The van der Waals surface area contributed by atoms with Crippen LogP contribution in [0, 0.1) is 5.92 Å². The van der Waals surface area contributed by atoms with Crippen LogP contribution >= 0.6 is 0 Å². The summed E-state index contributed by atoms with van der Waals surface area (Å²) in [6.45, 7) is 5.61. The second-order valence-corrected chi connectivity index (χ2v) is 4.93. The first kappa shape index (κ1) is 12.3. The third-order valence-corrected chi connectivity index (χ3v) is 2.99. The zero-order valence-electron chi connectivity index (χ0n) is 10.4. The van der Waals surface area contributed by atoms with Gasteiger partial charge in [-0.3, -0.25) is 0 Å². The van der Waals surface area contributed by atoms with Gasteiger partial charge in [0.1, 0.15) is 18.5 Å². The van der Waals surface area contributed by atoms with Gasteiger partial charge in [-0.05, 0) is 19.4 Å². The van der Waals surface area contributed by atoms with Gasteiger partial charge in [0.15, 0.2) is 5.79 Å². The lowest BCUT2D eigenvalue weighted by Gasteiger charge is -2.19. The third kappa shape index (κ3) is 2.56. The van der Waals surface area contributed by atoms with Crippen molar-refractivity contribution in [2.24, 2.45) is 5.92 Å². The molecule has 1 heterocycles. The highest BCUT2D eigenvalue weighted by atomic mass is 16.8. The Morgan fingerprint density at radius 1 is 1.24 bits per heavy atom. The Morgan fingerprint density at radius 3 is 2.47 bits per heavy atom. The summed E-state index contributed by atoms with van der Waals surface area (Å²) in [4.78, 5) is 10.9. The molecule has 0 bridgehead atoms. The Morgan fingerprint density at radius 2 is 1.88 bits per heavy atom. The molecule has 1 aromatic rings. The van der Waals surface area contributed by atoms with Crippen LogP contribution < -0.4 is 0 Å². The largest absolute Gasteiger partial charge is 0.343 e. The lowest BCUT2D eigenvalue weighted by atomic mass is 9.96. The average Bonchev–Trinajstić information content (AvgIpc) is 2.65. The summed E-state index contributed by atoms with van der Waals surface area (Å²) in [6.07, 6.45) is 0.530. The number of carbonyl (C=O) groups excluding carboxylic acids is 1. The fourth-order valence-electron chi connectivity index (χ4n) is 2.15. The Kier molecular flexibility index (Phi) is 3.31. The van der Waals surface area contributed by atoms with Crippen molar-refractivity contribution in [1.82, 2.24) is 0 Å². The molecule has 0 N–H and O–H groups in total. The van der Waals surface area contributed by atoms with Crippen molar-refractivity contribution in [2.75, 3.05) is 0 Å². The second-order valence-electron chi connectivity index (χ2n) is 4.93. The summed E-state index contributed by atoms with van der Waals surface area (Å²) in [5.74, 6) is -0.815. The summed E-state index contributed by atoms with van der Waals surface area (Å²) in [6, 6.07) is 9.89. The van der Waals surface area contributed by atoms with Gasteiger partial charge in [0.25, 0.3) is 0 Å². The molecule has 0 aliphatic carbocycles. The average molecular weight is 234 g/mol. The summed E-state index contributed by atoms with van der Waals surface area (Å²) in [7, 11) is 0. The van der Waals surface area contributed by atoms with Crippen LogP contribution in [0.5, 0.6) is 0 Å². The van der Waals surface area contributed by atoms with E-state index in [2.05, 4.69) is 0 Å². The molecule has 0 amide bonds. The molecule has 1 aliphatic rings. The van der Waals surface area contributed by atoms with Crippen molar-refractivity contribution in [3.8, 4) is 0 Å². The van der Waals surface area contributed by atoms with Gasteiger partial charge in [-0.15, -0.1) is 0 Å². The molecule has 92 valence electrons. The molecule has 3 atom stereocenters. The van der Waals surface area contributed by atoms with Gasteiger partial charge >= 0.3 is 0 Å². The minimum atomic E-state index is -0.636. The molecule has 3 heteroatoms. The molecule has 0 aromatic heterocycles. The van der Waals surface area contributed by atoms with Crippen molar-refractivity contribution in [2.45, 2.75) is 38.8 Å². The molecular formula is C14H18O3. The second kappa shape index (κ2) is 4.59. The smallest absolute Gasteiger partial charge is 0.164 e. The van der Waals surface area contributed by atoms with Gasteiger partial charge in [0.2, 0.25) is 0 Å². The topological polar surface area (TPSA) is 35.5 Å². The Hall–Kier alpha value is -1.19. The highest BCUT2D eigenvalue weighted by Crippen LogP contribution is 2.40. The van der Waals surface area contributed by atoms with E-state index in [9.17, 15) is 4.79 Å². The van der Waals surface area contributed by atoms with E-state index in [0.29, 0.717) is 0 Å². The fraction of sp³-hybridized carbons (Fsp3) is 0.500. The van der Waals surface area contributed by atoms with Gasteiger partial charge in [-0.25, -0.2) is 0 Å². The van der Waals surface area contributed by atoms with Crippen LogP contribution in [0.25, 0.3) is 0 Å². The van der Waals surface area contributed by atoms with Crippen LogP contribution in [0.15, 0.2) is 30.3 Å². The van der Waals surface area contributed by atoms with E-state index in [0.717, 1.165) is 11.8 Å². The van der Waals surface area contributed by atoms with Crippen molar-refractivity contribution < 1.29 is 14.3 Å². The number of carbonyl (C=O) groups is 1. The summed E-state index contributed by atoms with van der Waals surface area (Å²) in [5, 5.41) is 0. The predicted molar refractivity (Wildman–Crippen MR) is 64.4 cm³/mol. The normalized spacial score (nSPS) is 28.9. The van der Waals surface area contributed by atoms with Crippen LogP contribution in [0.2, 0.25) is 0 Å². The number of hydrogen-bond donors (Lipinski definition) is 0. The summed E-state index contributed by atoms with van der Waals surface area (Å²) in [5.41, 5.74) is 1.05. The monoisotopic (exact) mass is 234 g/mol. The molecule has 1 aliphatic heterocycles. The number of rotatable bonds is 3. The lowest BCUT2D eigenvalue weighted by Crippen LogP contribution is -2.26. The first-order valence-electron chi connectivity index (χ1n) is 5.89. The molecule has 0 spiro atoms. The highest BCUT2D eigenvalue weighted by molar-refractivity contribution is 5.54. The van der Waals surface area contributed by atoms with Gasteiger partial charge in [0.05, 0.1) is 0 Å². The zero-order valence-corrected chi connectivity index (χ0v) is 10.4. The zero-order chi connectivity index (χ0) is 12.5. The van der Waals surface area contributed by atoms with Gasteiger partial charge in [-0.2, -0.15) is 0 Å². The van der Waals surface area contributed by atoms with E-state index in [-0.39, 0.29) is 18.1 Å². The number of hydrogen-bond acceptors (Lipinski definition) is 3. The maximum absolute atomic E-state index is 10.9. The molecule has 17 heavy (non-hydrogen) atoms. The third-order valence-electron chi connectivity index (χ3n) is 2.99. The molecule has 2 rings (SSSR count). The first-order valence-corrected chi connectivity index (χ1v) is 5.89. The van der Waals surface area contributed by atoms with Crippen LogP contribution in [-0.2, 0) is 14.3 Å². The lowest BCUT2D eigenvalue weighted by molar-refractivity contribution is -0.151. The van der Waals surface area contributed by atoms with Crippen LogP contribution in [0.4, 0.5) is 0 Å². The first-order chi connectivity index (χ1) is 8.03. The molecule has 0 saturated carbocycles. The van der Waals surface area contributed by atoms with E-state index in [4.69, 9.17) is 9.47 Å². The van der Waals surface area contributed by atoms with Crippen LogP contribution in [0.3, 0.4) is 0 Å². The molecule has 0 radical (unpaired) electrons. The Labute approximate surface area is 102 Å². The van der Waals surface area contributed by atoms with E-state index in [1.165, 1.54) is 0 Å². The summed E-state index contributed by atoms with van der Waals surface area (Å²) < 4.78 is 11.7. The molecule has 1 fully saturated rings. The standard InChI is InChI=1S/C14H18O3/c1-10(9-15)12-13(17-14(2,3)16-12)11-7-5-4-6-8-11/h4-10,12-13H,1-3H3/t10-,12+,13-/m0/s1. The Balaban J connectivity index is 2.28. The number of aldehydes is 1. The van der Waals surface area contributed by atoms with E-state index >= 15 is 0 Å². The van der Waals surface area contributed by atoms with Crippen molar-refractivity contribution >= 4 is 6.29 Å². The minimum absolute atomic E-state index is 0.175. The maximum Gasteiger partial charge on any atom is 0.164 e. The van der Waals surface area contributed by atoms with Crippen molar-refractivity contribution in [1.29, 1.82) is 0 Å². The van der Waals surface area contributed by atoms with Crippen molar-refractivity contribution in [3.63, 3.8) is 0 Å². The fourth-order valence-corrected chi connectivity index (χ4v) is 2.15. The molecule has 3 nitrogen and oxygen atoms in total. The number of benzene rings is 1. The molecule has 1 aromatic carbocycles. The molecule has 1 saturated heterocycles.